The van der Waals surface area contributed by atoms with Gasteiger partial charge in [0.25, 0.3) is 0 Å². The molecule has 0 bridgehead atoms. The van der Waals surface area contributed by atoms with E-state index in [1.807, 2.05) is 12.1 Å². The summed E-state index contributed by atoms with van der Waals surface area (Å²) < 4.78 is 0. The van der Waals surface area contributed by atoms with E-state index in [1.165, 1.54) is 0 Å². The first-order valence-electron chi connectivity index (χ1n) is 8.53. The average molecular weight is 369 g/mol. The first kappa shape index (κ1) is 17.6. The molecule has 1 atom stereocenters. The highest BCUT2D eigenvalue weighted by molar-refractivity contribution is 6.30. The molecule has 0 radical (unpaired) electrons. The molecular formula is C18H22Cl2N2O2. The van der Waals surface area contributed by atoms with E-state index < -0.39 is 6.04 Å². The third kappa shape index (κ3) is 4.04. The summed E-state index contributed by atoms with van der Waals surface area (Å²) in [7, 11) is 0. The van der Waals surface area contributed by atoms with Crippen LogP contribution in [-0.4, -0.2) is 34.7 Å². The Hall–Kier alpha value is -1.26. The number of hydrogen-bond acceptors (Lipinski definition) is 2. The molecule has 0 spiro atoms. The number of nitrogens with zero attached hydrogens (tertiary/aromatic N) is 1. The summed E-state index contributed by atoms with van der Waals surface area (Å²) in [5, 5.41) is 3.73. The fraction of sp³-hybridized carbons (Fsp3) is 0.556. The Balaban J connectivity index is 1.88. The second-order valence-corrected chi connectivity index (χ2v) is 7.31. The van der Waals surface area contributed by atoms with Crippen LogP contribution < -0.4 is 5.32 Å². The van der Waals surface area contributed by atoms with Gasteiger partial charge in [-0.05, 0) is 43.4 Å². The Morgan fingerprint density at radius 2 is 1.75 bits per heavy atom. The van der Waals surface area contributed by atoms with Gasteiger partial charge in [-0.15, -0.1) is 11.6 Å². The summed E-state index contributed by atoms with van der Waals surface area (Å²) >= 11 is 11.8. The highest BCUT2D eigenvalue weighted by Crippen LogP contribution is 2.35. The Labute approximate surface area is 152 Å². The van der Waals surface area contributed by atoms with Gasteiger partial charge in [0.1, 0.15) is 11.9 Å². The molecule has 2 saturated carbocycles. The average Bonchev–Trinajstić information content (AvgIpc) is 3.29. The van der Waals surface area contributed by atoms with Crippen molar-refractivity contribution in [2.75, 3.05) is 5.88 Å². The van der Waals surface area contributed by atoms with Crippen LogP contribution in [0.5, 0.6) is 0 Å². The van der Waals surface area contributed by atoms with E-state index in [9.17, 15) is 9.59 Å². The van der Waals surface area contributed by atoms with Crippen molar-refractivity contribution in [3.8, 4) is 0 Å². The Morgan fingerprint density at radius 3 is 2.29 bits per heavy atom. The second-order valence-electron chi connectivity index (χ2n) is 6.61. The molecule has 1 N–H and O–H groups in total. The van der Waals surface area contributed by atoms with Crippen LogP contribution in [0.4, 0.5) is 0 Å². The monoisotopic (exact) mass is 368 g/mol. The predicted molar refractivity (Wildman–Crippen MR) is 95.2 cm³/mol. The van der Waals surface area contributed by atoms with Gasteiger partial charge in [0.15, 0.2) is 0 Å². The van der Waals surface area contributed by atoms with Crippen molar-refractivity contribution in [3.05, 3.63) is 34.9 Å². The number of hydrogen-bond donors (Lipinski definition) is 1. The zero-order chi connectivity index (χ0) is 17.1. The van der Waals surface area contributed by atoms with Crippen LogP contribution in [0.3, 0.4) is 0 Å². The molecule has 0 saturated heterocycles. The predicted octanol–water partition coefficient (Wildman–Crippen LogP) is 3.67. The maximum Gasteiger partial charge on any atom is 0.247 e. The Bertz CT molecular complexity index is 596. The Morgan fingerprint density at radius 1 is 1.12 bits per heavy atom. The first-order valence-corrected chi connectivity index (χ1v) is 9.44. The maximum atomic E-state index is 13.0. The van der Waals surface area contributed by atoms with Crippen molar-refractivity contribution >= 4 is 35.0 Å². The number of carbonyl (C=O) groups is 2. The zero-order valence-corrected chi connectivity index (χ0v) is 15.0. The van der Waals surface area contributed by atoms with Crippen molar-refractivity contribution in [2.45, 2.75) is 56.7 Å². The normalized spacial score (nSPS) is 19.1. The topological polar surface area (TPSA) is 49.4 Å². The summed E-state index contributed by atoms with van der Waals surface area (Å²) in [6.45, 7) is 0. The molecule has 2 aliphatic carbocycles. The fourth-order valence-corrected chi connectivity index (χ4v) is 3.68. The standard InChI is InChI=1S/C18H22Cl2N2O2/c19-11-16(23)22(15-9-10-15)17(12-5-7-13(20)8-6-12)18(24)21-14-3-1-2-4-14/h5-8,14-15,17H,1-4,9-11H2,(H,21,24)/t17-/m1/s1. The molecule has 0 heterocycles. The summed E-state index contributed by atoms with van der Waals surface area (Å²) in [5.74, 6) is -0.424. The van der Waals surface area contributed by atoms with Gasteiger partial charge in [-0.1, -0.05) is 36.6 Å². The summed E-state index contributed by atoms with van der Waals surface area (Å²) in [6.07, 6.45) is 6.14. The third-order valence-electron chi connectivity index (χ3n) is 4.76. The zero-order valence-electron chi connectivity index (χ0n) is 13.5. The van der Waals surface area contributed by atoms with Crippen molar-refractivity contribution < 1.29 is 9.59 Å². The Kier molecular flexibility index (Phi) is 5.67. The van der Waals surface area contributed by atoms with Crippen LogP contribution in [0.1, 0.15) is 50.1 Å². The molecule has 4 nitrogen and oxygen atoms in total. The highest BCUT2D eigenvalue weighted by Gasteiger charge is 2.41. The van der Waals surface area contributed by atoms with Crippen molar-refractivity contribution in [2.24, 2.45) is 0 Å². The van der Waals surface area contributed by atoms with Gasteiger partial charge >= 0.3 is 0 Å². The van der Waals surface area contributed by atoms with E-state index in [4.69, 9.17) is 23.2 Å². The number of nitrogens with one attached hydrogen (secondary N) is 1. The lowest BCUT2D eigenvalue weighted by atomic mass is 10.0. The number of amides is 2. The van der Waals surface area contributed by atoms with Crippen LogP contribution >= 0.6 is 23.2 Å². The van der Waals surface area contributed by atoms with Crippen molar-refractivity contribution in [1.29, 1.82) is 0 Å². The van der Waals surface area contributed by atoms with E-state index in [0.29, 0.717) is 5.02 Å². The SMILES string of the molecule is O=C(NC1CCCC1)[C@@H](c1ccc(Cl)cc1)N(C(=O)CCl)C1CC1. The summed E-state index contributed by atoms with van der Waals surface area (Å²) in [6, 6.07) is 6.81. The van der Waals surface area contributed by atoms with E-state index >= 15 is 0 Å². The second kappa shape index (κ2) is 7.75. The first-order chi connectivity index (χ1) is 11.6. The molecule has 1 aromatic rings. The smallest absolute Gasteiger partial charge is 0.247 e. The minimum atomic E-state index is -0.637. The maximum absolute atomic E-state index is 13.0. The molecule has 2 aliphatic rings. The fourth-order valence-electron chi connectivity index (χ4n) is 3.41. The number of alkyl halides is 1. The molecule has 1 aromatic carbocycles. The van der Waals surface area contributed by atoms with Crippen LogP contribution in [0.2, 0.25) is 5.02 Å². The summed E-state index contributed by atoms with van der Waals surface area (Å²) in [4.78, 5) is 27.1. The minimum Gasteiger partial charge on any atom is -0.351 e. The molecule has 2 amide bonds. The molecule has 2 fully saturated rings. The molecule has 0 unspecified atom stereocenters. The molecule has 130 valence electrons. The lowest BCUT2D eigenvalue weighted by molar-refractivity contribution is -0.140. The third-order valence-corrected chi connectivity index (χ3v) is 5.24. The quantitative estimate of drug-likeness (QED) is 0.778. The number of carbonyl (C=O) groups excluding carboxylic acids is 2. The molecule has 0 aromatic heterocycles. The summed E-state index contributed by atoms with van der Waals surface area (Å²) in [5.41, 5.74) is 0.778. The van der Waals surface area contributed by atoms with Crippen LogP contribution in [0, 0.1) is 0 Å². The van der Waals surface area contributed by atoms with Crippen LogP contribution in [-0.2, 0) is 9.59 Å². The van der Waals surface area contributed by atoms with Crippen LogP contribution in [0.15, 0.2) is 24.3 Å². The van der Waals surface area contributed by atoms with Crippen molar-refractivity contribution in [1.82, 2.24) is 10.2 Å². The number of halogens is 2. The minimum absolute atomic E-state index is 0.103. The molecular weight excluding hydrogens is 347 g/mol. The van der Waals surface area contributed by atoms with Gasteiger partial charge in [0.05, 0.1) is 0 Å². The van der Waals surface area contributed by atoms with Gasteiger partial charge in [-0.25, -0.2) is 0 Å². The molecule has 6 heteroatoms. The lowest BCUT2D eigenvalue weighted by Crippen LogP contribution is -2.47. The van der Waals surface area contributed by atoms with Crippen LogP contribution in [0.25, 0.3) is 0 Å². The molecule has 24 heavy (non-hydrogen) atoms. The number of benzene rings is 1. The van der Waals surface area contributed by atoms with Gasteiger partial charge in [0, 0.05) is 17.1 Å². The van der Waals surface area contributed by atoms with E-state index in [1.54, 1.807) is 17.0 Å². The van der Waals surface area contributed by atoms with Gasteiger partial charge in [-0.3, -0.25) is 9.59 Å². The van der Waals surface area contributed by atoms with Gasteiger partial charge in [0.2, 0.25) is 11.8 Å². The molecule has 0 aliphatic heterocycles. The van der Waals surface area contributed by atoms with Crippen molar-refractivity contribution in [3.63, 3.8) is 0 Å². The van der Waals surface area contributed by atoms with E-state index in [0.717, 1.165) is 44.1 Å². The molecule has 3 rings (SSSR count). The van der Waals surface area contributed by atoms with E-state index in [2.05, 4.69) is 5.32 Å². The van der Waals surface area contributed by atoms with Gasteiger partial charge in [-0.2, -0.15) is 0 Å². The van der Waals surface area contributed by atoms with E-state index in [-0.39, 0.29) is 29.8 Å². The lowest BCUT2D eigenvalue weighted by Gasteiger charge is -2.32. The number of rotatable bonds is 6. The highest BCUT2D eigenvalue weighted by atomic mass is 35.5. The largest absolute Gasteiger partial charge is 0.351 e. The van der Waals surface area contributed by atoms with Gasteiger partial charge < -0.3 is 10.2 Å².